The second-order valence-electron chi connectivity index (χ2n) is 7.80. The van der Waals surface area contributed by atoms with Gasteiger partial charge in [0.25, 0.3) is 0 Å². The molecule has 0 amide bonds. The number of halogens is 6. The molecule has 1 aromatic heterocycles. The summed E-state index contributed by atoms with van der Waals surface area (Å²) in [7, 11) is 2.96. The maximum atomic E-state index is 14.1. The lowest BCUT2D eigenvalue weighted by Gasteiger charge is -2.22. The first-order valence-electron chi connectivity index (χ1n) is 11.9. The molecule has 3 N–H and O–H groups in total. The van der Waals surface area contributed by atoms with Crippen molar-refractivity contribution in [2.45, 2.75) is 69.1 Å². The van der Waals surface area contributed by atoms with Crippen molar-refractivity contribution in [2.75, 3.05) is 20.8 Å². The maximum absolute atomic E-state index is 14.1. The Morgan fingerprint density at radius 2 is 1.82 bits per heavy atom. The second-order valence-corrected chi connectivity index (χ2v) is 9.79. The molecule has 0 bridgehead atoms. The Morgan fingerprint density at radius 3 is 2.24 bits per heavy atom. The Bertz CT molecular complexity index is 986. The quantitative estimate of drug-likeness (QED) is 0.240. The highest BCUT2D eigenvalue weighted by atomic mass is 79.9. The zero-order valence-corrected chi connectivity index (χ0v) is 25.2. The van der Waals surface area contributed by atoms with E-state index in [0.29, 0.717) is 12.4 Å². The Balaban J connectivity index is 0.000000510. The summed E-state index contributed by atoms with van der Waals surface area (Å²) in [5.74, 6) is 0.694. The molecule has 0 radical (unpaired) electrons. The molecule has 1 atom stereocenters. The van der Waals surface area contributed by atoms with E-state index in [-0.39, 0.29) is 42.2 Å². The van der Waals surface area contributed by atoms with Crippen LogP contribution in [0, 0.1) is 0 Å². The van der Waals surface area contributed by atoms with E-state index in [4.69, 9.17) is 19.9 Å². The number of hydrogen-bond donors (Lipinski definition) is 2. The van der Waals surface area contributed by atoms with E-state index in [2.05, 4.69) is 47.5 Å². The van der Waals surface area contributed by atoms with Gasteiger partial charge in [0.05, 0.1) is 20.3 Å². The molecule has 1 aliphatic heterocycles. The molecule has 216 valence electrons. The Labute approximate surface area is 237 Å². The lowest BCUT2D eigenvalue weighted by Crippen LogP contribution is -2.25. The number of rotatable bonds is 9. The first-order valence-corrected chi connectivity index (χ1v) is 13.5. The minimum atomic E-state index is -3.27. The van der Waals surface area contributed by atoms with Crippen molar-refractivity contribution in [2.24, 2.45) is 5.73 Å². The summed E-state index contributed by atoms with van der Waals surface area (Å²) in [5, 5.41) is 10.1. The van der Waals surface area contributed by atoms with E-state index in [1.54, 1.807) is 31.4 Å². The van der Waals surface area contributed by atoms with Crippen molar-refractivity contribution in [3.63, 3.8) is 0 Å². The predicted molar refractivity (Wildman–Crippen MR) is 144 cm³/mol. The van der Waals surface area contributed by atoms with Gasteiger partial charge in [-0.15, -0.1) is 5.10 Å². The van der Waals surface area contributed by atoms with Gasteiger partial charge in [-0.25, -0.2) is 4.68 Å². The zero-order chi connectivity index (χ0) is 28.9. The van der Waals surface area contributed by atoms with Crippen LogP contribution in [0.5, 0.6) is 5.75 Å². The molecule has 1 aliphatic rings. The standard InChI is InChI=1S/C17H20BrF2N3O3.C5H9BrF2N2.C2H6/c1-24-13-7-5-12(6-8-13)10-23-16(17(18,19)20)14(21-22-23)11-26-15-4-2-3-9-25-15;1-3(9)4(10-2)5(6,7)8;1-2/h5-8,15H,2-4,9-11H2,1H3;10H,9H2,1-2H3;1-2H3/b;4-3-;. The van der Waals surface area contributed by atoms with Crippen molar-refractivity contribution in [1.29, 1.82) is 0 Å². The molecule has 1 fully saturated rings. The number of aromatic nitrogens is 3. The van der Waals surface area contributed by atoms with Crippen LogP contribution in [-0.2, 0) is 27.5 Å². The number of methoxy groups -OCH3 is 1. The number of nitrogens with zero attached hydrogens (tertiary/aromatic N) is 3. The molecular formula is C24H35Br2F4N5O3. The molecule has 2 aromatic rings. The number of ether oxygens (including phenoxy) is 3. The SMILES string of the molecule is CC.CN/C(=C(/C)N)C(F)(F)Br.COc1ccc(Cn2nnc(COC3CCCCO3)c2C(F)(F)Br)cc1. The molecule has 1 saturated heterocycles. The van der Waals surface area contributed by atoms with Crippen LogP contribution in [0.25, 0.3) is 0 Å². The molecular weight excluding hydrogens is 642 g/mol. The molecule has 38 heavy (non-hydrogen) atoms. The molecule has 1 aromatic carbocycles. The molecule has 3 rings (SSSR count). The Kier molecular flexibility index (Phi) is 14.6. The fourth-order valence-corrected chi connectivity index (χ4v) is 4.29. The van der Waals surface area contributed by atoms with Gasteiger partial charge in [0.2, 0.25) is 0 Å². The van der Waals surface area contributed by atoms with Gasteiger partial charge >= 0.3 is 9.66 Å². The number of benzene rings is 1. The van der Waals surface area contributed by atoms with Crippen LogP contribution in [-0.4, -0.2) is 46.9 Å². The number of allylic oxidation sites excluding steroid dienone is 2. The first kappa shape index (κ1) is 34.1. The molecule has 0 spiro atoms. The van der Waals surface area contributed by atoms with Gasteiger partial charge in [-0.3, -0.25) is 0 Å². The summed E-state index contributed by atoms with van der Waals surface area (Å²) >= 11 is 4.60. The minimum absolute atomic E-state index is 0.0735. The van der Waals surface area contributed by atoms with Crippen LogP contribution in [0.4, 0.5) is 17.6 Å². The molecule has 8 nitrogen and oxygen atoms in total. The largest absolute Gasteiger partial charge is 0.497 e. The Hall–Kier alpha value is -1.90. The van der Waals surface area contributed by atoms with Gasteiger partial charge in [-0.1, -0.05) is 31.2 Å². The highest BCUT2D eigenvalue weighted by Gasteiger charge is 2.36. The van der Waals surface area contributed by atoms with Crippen LogP contribution in [0.1, 0.15) is 57.0 Å². The van der Waals surface area contributed by atoms with Gasteiger partial charge < -0.3 is 25.3 Å². The summed E-state index contributed by atoms with van der Waals surface area (Å²) in [6.45, 7) is 6.11. The third-order valence-electron chi connectivity index (χ3n) is 5.04. The molecule has 2 heterocycles. The van der Waals surface area contributed by atoms with Crippen LogP contribution >= 0.6 is 31.9 Å². The van der Waals surface area contributed by atoms with Crippen molar-refractivity contribution < 1.29 is 31.8 Å². The summed E-state index contributed by atoms with van der Waals surface area (Å²) < 4.78 is 70.2. The predicted octanol–water partition coefficient (Wildman–Crippen LogP) is 6.23. The lowest BCUT2D eigenvalue weighted by atomic mass is 10.2. The van der Waals surface area contributed by atoms with Crippen LogP contribution in [0.15, 0.2) is 35.7 Å². The van der Waals surface area contributed by atoms with E-state index < -0.39 is 9.66 Å². The number of nitrogens with two attached hydrogens (primary N) is 1. The van der Waals surface area contributed by atoms with Gasteiger partial charge in [-0.05, 0) is 75.7 Å². The first-order chi connectivity index (χ1) is 17.9. The summed E-state index contributed by atoms with van der Waals surface area (Å²) in [6, 6.07) is 7.12. The average Bonchev–Trinajstić information content (AvgIpc) is 3.28. The smallest absolute Gasteiger partial charge is 0.344 e. The monoisotopic (exact) mass is 675 g/mol. The van der Waals surface area contributed by atoms with Gasteiger partial charge in [0.15, 0.2) is 6.29 Å². The summed E-state index contributed by atoms with van der Waals surface area (Å²) in [6.07, 6.45) is 2.35. The third kappa shape index (κ3) is 11.1. The Morgan fingerprint density at radius 1 is 1.18 bits per heavy atom. The number of alkyl halides is 6. The summed E-state index contributed by atoms with van der Waals surface area (Å²) in [4.78, 5) is -6.32. The lowest BCUT2D eigenvalue weighted by molar-refractivity contribution is -0.169. The van der Waals surface area contributed by atoms with Crippen molar-refractivity contribution in [1.82, 2.24) is 20.3 Å². The van der Waals surface area contributed by atoms with E-state index in [0.717, 1.165) is 24.8 Å². The van der Waals surface area contributed by atoms with E-state index in [1.807, 2.05) is 13.8 Å². The van der Waals surface area contributed by atoms with Crippen molar-refractivity contribution in [3.05, 3.63) is 52.6 Å². The van der Waals surface area contributed by atoms with Gasteiger partial charge in [0, 0.05) is 19.4 Å². The van der Waals surface area contributed by atoms with E-state index in [1.165, 1.54) is 18.7 Å². The van der Waals surface area contributed by atoms with Crippen LogP contribution in [0.3, 0.4) is 0 Å². The minimum Gasteiger partial charge on any atom is -0.497 e. The zero-order valence-electron chi connectivity index (χ0n) is 22.0. The van der Waals surface area contributed by atoms with Gasteiger partial charge in [0.1, 0.15) is 22.8 Å². The number of hydrogen-bond acceptors (Lipinski definition) is 7. The second kappa shape index (κ2) is 16.3. The summed E-state index contributed by atoms with van der Waals surface area (Å²) in [5.41, 5.74) is 5.49. The number of nitrogens with one attached hydrogen (secondary N) is 1. The fourth-order valence-electron chi connectivity index (χ4n) is 3.35. The highest BCUT2D eigenvalue weighted by Crippen LogP contribution is 2.37. The van der Waals surface area contributed by atoms with Crippen molar-refractivity contribution >= 4 is 31.9 Å². The normalized spacial score (nSPS) is 16.3. The molecule has 14 heteroatoms. The highest BCUT2D eigenvalue weighted by molar-refractivity contribution is 9.10. The molecule has 0 aliphatic carbocycles. The van der Waals surface area contributed by atoms with E-state index in [9.17, 15) is 17.6 Å². The fraction of sp³-hybridized carbons (Fsp3) is 0.583. The molecule has 0 saturated carbocycles. The van der Waals surface area contributed by atoms with Crippen LogP contribution in [0.2, 0.25) is 0 Å². The third-order valence-corrected chi connectivity index (χ3v) is 5.81. The van der Waals surface area contributed by atoms with Gasteiger partial charge in [-0.2, -0.15) is 17.6 Å². The molecule has 1 unspecified atom stereocenters. The van der Waals surface area contributed by atoms with Crippen molar-refractivity contribution in [3.8, 4) is 5.75 Å². The van der Waals surface area contributed by atoms with Crippen LogP contribution < -0.4 is 15.8 Å². The topological polar surface area (TPSA) is 96.5 Å². The average molecular weight is 677 g/mol. The maximum Gasteiger partial charge on any atom is 0.344 e. The van der Waals surface area contributed by atoms with E-state index >= 15 is 0 Å².